The van der Waals surface area contributed by atoms with E-state index in [0.29, 0.717) is 19.3 Å². The van der Waals surface area contributed by atoms with Gasteiger partial charge < -0.3 is 58.5 Å². The number of carbonyl (C=O) groups is 9. The van der Waals surface area contributed by atoms with Crippen LogP contribution in [0.4, 0.5) is 0 Å². The summed E-state index contributed by atoms with van der Waals surface area (Å²) in [7, 11) is 0. The molecule has 0 bridgehead atoms. The Bertz CT molecular complexity index is 1430. The molecule has 310 valence electrons. The highest BCUT2D eigenvalue weighted by molar-refractivity contribution is 5.97. The minimum absolute atomic E-state index is 0.0461. The summed E-state index contributed by atoms with van der Waals surface area (Å²) in [5, 5.41) is 30.0. The number of carboxylic acids is 1. The predicted molar refractivity (Wildman–Crippen MR) is 196 cm³/mol. The summed E-state index contributed by atoms with van der Waals surface area (Å²) in [5.74, 6) is -7.28. The van der Waals surface area contributed by atoms with Crippen LogP contribution in [0, 0.1) is 11.8 Å². The van der Waals surface area contributed by atoms with Gasteiger partial charge in [-0.3, -0.25) is 38.4 Å². The summed E-state index contributed by atoms with van der Waals surface area (Å²) in [5.41, 5.74) is 16.2. The van der Waals surface area contributed by atoms with Crippen molar-refractivity contribution in [1.29, 1.82) is 0 Å². The van der Waals surface area contributed by atoms with E-state index in [4.69, 9.17) is 17.2 Å². The Kier molecular flexibility index (Phi) is 18.4. The summed E-state index contributed by atoms with van der Waals surface area (Å²) in [6.45, 7) is 6.71. The van der Waals surface area contributed by atoms with Gasteiger partial charge in [-0.1, -0.05) is 27.7 Å². The Morgan fingerprint density at radius 3 is 1.62 bits per heavy atom. The molecule has 2 saturated heterocycles. The lowest BCUT2D eigenvalue weighted by atomic mass is 10.0. The van der Waals surface area contributed by atoms with Gasteiger partial charge in [0, 0.05) is 25.9 Å². The molecule has 0 spiro atoms. The number of aliphatic hydroxyl groups is 1. The lowest BCUT2D eigenvalue weighted by molar-refractivity contribution is -0.150. The number of primary amides is 2. The smallest absolute Gasteiger partial charge is 0.326 e. The second-order valence-electron chi connectivity index (χ2n) is 15.0. The molecule has 12 N–H and O–H groups in total. The van der Waals surface area contributed by atoms with Crippen molar-refractivity contribution < 1.29 is 53.4 Å². The molecule has 0 aromatic carbocycles. The lowest BCUT2D eigenvalue weighted by Gasteiger charge is -2.32. The zero-order valence-electron chi connectivity index (χ0n) is 32.1. The third-order valence-electron chi connectivity index (χ3n) is 9.47. The highest BCUT2D eigenvalue weighted by Crippen LogP contribution is 2.23. The molecule has 0 radical (unpaired) electrons. The third kappa shape index (κ3) is 14.4. The maximum atomic E-state index is 13.8. The fourth-order valence-electron chi connectivity index (χ4n) is 6.65. The SMILES string of the molecule is CC(C)C[C@H](NC(=O)[C@H](CCC(N)=O)NC(=O)[C@@H](N)CCC(N)=O)C(=O)N[C@@H](CO)C(=O)N1CCC[C@H]1C(=O)N[C@@H](CC(C)C)C(=O)N1CCC[C@H]1C(=O)O. The zero-order valence-corrected chi connectivity index (χ0v) is 32.1. The number of carboxylic acid groups (broad SMARTS) is 1. The molecular weight excluding hydrogens is 722 g/mol. The van der Waals surface area contributed by atoms with Crippen molar-refractivity contribution >= 4 is 53.2 Å². The third-order valence-corrected chi connectivity index (χ3v) is 9.47. The van der Waals surface area contributed by atoms with Crippen LogP contribution >= 0.6 is 0 Å². The van der Waals surface area contributed by atoms with Crippen molar-refractivity contribution in [2.75, 3.05) is 19.7 Å². The van der Waals surface area contributed by atoms with E-state index in [-0.39, 0.29) is 69.9 Å². The Morgan fingerprint density at radius 2 is 1.09 bits per heavy atom. The molecule has 0 aromatic rings. The standard InChI is InChI=1S/C35H59N9O11/c1-18(2)15-22(40-30(49)21(10-12-28(38)47)39-29(48)20(36)9-11-27(37)46)31(50)42-24(17-45)34(53)43-13-5-7-25(43)32(51)41-23(16-19(3)4)33(52)44-14-6-8-26(44)35(54)55/h18-26,45H,5-17,36H2,1-4H3,(H2,37,46)(H2,38,47)(H,39,48)(H,40,49)(H,41,51)(H,42,50)(H,54,55)/t20-,21-,22-,23-,24-,25-,26-/m0/s1. The highest BCUT2D eigenvalue weighted by atomic mass is 16.4. The van der Waals surface area contributed by atoms with E-state index in [0.717, 1.165) is 0 Å². The van der Waals surface area contributed by atoms with Crippen LogP contribution < -0.4 is 38.5 Å². The first-order valence-electron chi connectivity index (χ1n) is 18.7. The normalized spacial score (nSPS) is 19.6. The van der Waals surface area contributed by atoms with E-state index >= 15 is 0 Å². The number of nitrogens with zero attached hydrogens (tertiary/aromatic N) is 2. The van der Waals surface area contributed by atoms with E-state index in [1.165, 1.54) is 9.80 Å². The van der Waals surface area contributed by atoms with Gasteiger partial charge in [-0.25, -0.2) is 4.79 Å². The molecule has 0 aromatic heterocycles. The van der Waals surface area contributed by atoms with E-state index in [9.17, 15) is 53.4 Å². The van der Waals surface area contributed by atoms with Crippen molar-refractivity contribution in [2.45, 2.75) is 134 Å². The number of hydrogen-bond acceptors (Lipinski definition) is 11. The number of nitrogens with one attached hydrogen (secondary N) is 4. The van der Waals surface area contributed by atoms with Gasteiger partial charge in [-0.15, -0.1) is 0 Å². The minimum atomic E-state index is -1.53. The van der Waals surface area contributed by atoms with Crippen LogP contribution in [0.15, 0.2) is 0 Å². The molecule has 0 unspecified atom stereocenters. The number of nitrogens with two attached hydrogens (primary N) is 3. The highest BCUT2D eigenvalue weighted by Gasteiger charge is 2.42. The molecule has 2 aliphatic heterocycles. The quantitative estimate of drug-likeness (QED) is 0.0529. The lowest BCUT2D eigenvalue weighted by Crippen LogP contribution is -2.60. The fraction of sp³-hybridized carbons (Fsp3) is 0.743. The van der Waals surface area contributed by atoms with Gasteiger partial charge in [-0.2, -0.15) is 0 Å². The van der Waals surface area contributed by atoms with Crippen molar-refractivity contribution in [1.82, 2.24) is 31.1 Å². The monoisotopic (exact) mass is 781 g/mol. The average molecular weight is 782 g/mol. The molecule has 2 heterocycles. The number of hydrogen-bond donors (Lipinski definition) is 9. The summed E-state index contributed by atoms with van der Waals surface area (Å²) < 4.78 is 0. The number of aliphatic hydroxyl groups excluding tert-OH is 1. The molecule has 2 aliphatic rings. The molecule has 2 fully saturated rings. The second kappa shape index (κ2) is 21.9. The molecule has 20 heteroatoms. The van der Waals surface area contributed by atoms with Gasteiger partial charge in [0.1, 0.15) is 36.3 Å². The number of carbonyl (C=O) groups excluding carboxylic acids is 8. The maximum absolute atomic E-state index is 13.8. The van der Waals surface area contributed by atoms with Crippen LogP contribution in [0.3, 0.4) is 0 Å². The predicted octanol–water partition coefficient (Wildman–Crippen LogP) is -3.07. The average Bonchev–Trinajstić information content (AvgIpc) is 3.80. The maximum Gasteiger partial charge on any atom is 0.326 e. The number of amides is 8. The van der Waals surface area contributed by atoms with E-state index < -0.39 is 102 Å². The van der Waals surface area contributed by atoms with Crippen LogP contribution in [-0.4, -0.2) is 135 Å². The molecule has 2 rings (SSSR count). The van der Waals surface area contributed by atoms with Gasteiger partial charge in [0.25, 0.3) is 0 Å². The summed E-state index contributed by atoms with van der Waals surface area (Å²) in [6, 6.07) is -8.49. The van der Waals surface area contributed by atoms with Crippen molar-refractivity contribution in [3.05, 3.63) is 0 Å². The number of aliphatic carboxylic acids is 1. The van der Waals surface area contributed by atoms with Gasteiger partial charge in [0.2, 0.25) is 47.3 Å². The first kappa shape index (κ1) is 46.3. The van der Waals surface area contributed by atoms with Crippen LogP contribution in [-0.2, 0) is 43.2 Å². The van der Waals surface area contributed by atoms with Crippen molar-refractivity contribution in [3.63, 3.8) is 0 Å². The largest absolute Gasteiger partial charge is 0.480 e. The number of likely N-dealkylation sites (tertiary alicyclic amines) is 2. The molecule has 8 amide bonds. The topological polar surface area (TPSA) is 327 Å². The molecule has 20 nitrogen and oxygen atoms in total. The summed E-state index contributed by atoms with van der Waals surface area (Å²) in [6.07, 6.45) is 0.856. The number of rotatable bonds is 22. The molecule has 7 atom stereocenters. The van der Waals surface area contributed by atoms with Gasteiger partial charge in [0.15, 0.2) is 0 Å². The minimum Gasteiger partial charge on any atom is -0.480 e. The fourth-order valence-corrected chi connectivity index (χ4v) is 6.65. The van der Waals surface area contributed by atoms with Crippen LogP contribution in [0.5, 0.6) is 0 Å². The first-order chi connectivity index (χ1) is 25.8. The second-order valence-corrected chi connectivity index (χ2v) is 15.0. The van der Waals surface area contributed by atoms with E-state index in [2.05, 4.69) is 21.3 Å². The molecule has 55 heavy (non-hydrogen) atoms. The Balaban J connectivity index is 2.21. The van der Waals surface area contributed by atoms with Gasteiger partial charge in [-0.05, 0) is 63.2 Å². The summed E-state index contributed by atoms with van der Waals surface area (Å²) >= 11 is 0. The molecule has 0 saturated carbocycles. The Morgan fingerprint density at radius 1 is 0.636 bits per heavy atom. The zero-order chi connectivity index (χ0) is 41.6. The Hall–Kier alpha value is -4.85. The molecule has 0 aliphatic carbocycles. The Labute approximate surface area is 320 Å². The first-order valence-corrected chi connectivity index (χ1v) is 18.7. The van der Waals surface area contributed by atoms with E-state index in [1.54, 1.807) is 13.8 Å². The van der Waals surface area contributed by atoms with Crippen LogP contribution in [0.2, 0.25) is 0 Å². The van der Waals surface area contributed by atoms with Crippen LogP contribution in [0.25, 0.3) is 0 Å². The van der Waals surface area contributed by atoms with Crippen LogP contribution in [0.1, 0.15) is 91.9 Å². The molecular formula is C35H59N9O11. The summed E-state index contributed by atoms with van der Waals surface area (Å²) in [4.78, 5) is 118. The van der Waals surface area contributed by atoms with Crippen molar-refractivity contribution in [3.8, 4) is 0 Å². The van der Waals surface area contributed by atoms with E-state index in [1.807, 2.05) is 13.8 Å². The van der Waals surface area contributed by atoms with Crippen molar-refractivity contribution in [2.24, 2.45) is 29.0 Å². The van der Waals surface area contributed by atoms with Gasteiger partial charge >= 0.3 is 5.97 Å². The van der Waals surface area contributed by atoms with Gasteiger partial charge in [0.05, 0.1) is 12.6 Å².